The predicted molar refractivity (Wildman–Crippen MR) is 94.4 cm³/mol. The molecule has 116 valence electrons. The number of pyridine rings is 2. The molecule has 3 nitrogen and oxygen atoms in total. The van der Waals surface area contributed by atoms with Gasteiger partial charge in [-0.25, -0.2) is 0 Å². The van der Waals surface area contributed by atoms with E-state index in [1.165, 1.54) is 11.3 Å². The fourth-order valence-corrected chi connectivity index (χ4v) is 3.98. The quantitative estimate of drug-likeness (QED) is 0.825. The number of hydrogen-bond acceptors (Lipinski definition) is 3. The van der Waals surface area contributed by atoms with Gasteiger partial charge in [0.25, 0.3) is 0 Å². The minimum Gasteiger partial charge on any atom is -0.356 e. The summed E-state index contributed by atoms with van der Waals surface area (Å²) in [5.41, 5.74) is 7.66. The maximum Gasteiger partial charge on any atom is 0.0640 e. The summed E-state index contributed by atoms with van der Waals surface area (Å²) >= 11 is 6.52. The van der Waals surface area contributed by atoms with Gasteiger partial charge in [0.2, 0.25) is 0 Å². The lowest BCUT2D eigenvalue weighted by Crippen LogP contribution is -2.26. The Balaban J connectivity index is 1.96. The van der Waals surface area contributed by atoms with E-state index in [1.807, 2.05) is 32.3 Å². The molecule has 3 heterocycles. The highest BCUT2D eigenvalue weighted by Gasteiger charge is 2.43. The van der Waals surface area contributed by atoms with Crippen LogP contribution in [0.25, 0.3) is 5.57 Å². The number of hydrogen-bond donors (Lipinski definition) is 1. The topological polar surface area (TPSA) is 37.8 Å². The molecule has 1 aliphatic carbocycles. The molecule has 2 aromatic heterocycles. The van der Waals surface area contributed by atoms with Crippen LogP contribution >= 0.6 is 11.6 Å². The summed E-state index contributed by atoms with van der Waals surface area (Å²) in [5, 5.41) is 4.49. The highest BCUT2D eigenvalue weighted by atomic mass is 35.5. The van der Waals surface area contributed by atoms with E-state index in [1.54, 1.807) is 0 Å². The molecule has 1 N–H and O–H groups in total. The third kappa shape index (κ3) is 2.11. The Morgan fingerprint density at radius 3 is 2.74 bits per heavy atom. The number of aromatic nitrogens is 2. The van der Waals surface area contributed by atoms with Crippen LogP contribution in [-0.2, 0) is 5.41 Å². The van der Waals surface area contributed by atoms with E-state index in [4.69, 9.17) is 11.6 Å². The number of fused-ring (bicyclic) bond motifs is 3. The van der Waals surface area contributed by atoms with Crippen LogP contribution in [-0.4, -0.2) is 9.97 Å². The first-order valence-electron chi connectivity index (χ1n) is 7.76. The summed E-state index contributed by atoms with van der Waals surface area (Å²) in [5.74, 6) is 0. The molecule has 0 aromatic carbocycles. The maximum absolute atomic E-state index is 6.52. The zero-order chi connectivity index (χ0) is 16.2. The number of rotatable bonds is 1. The van der Waals surface area contributed by atoms with Crippen LogP contribution in [0.4, 0.5) is 5.69 Å². The summed E-state index contributed by atoms with van der Waals surface area (Å²) in [7, 11) is 0. The van der Waals surface area contributed by atoms with Gasteiger partial charge in [0.05, 0.1) is 11.4 Å². The number of nitrogens with zero attached hydrogens (tertiary/aromatic N) is 2. The molecule has 1 atom stereocenters. The molecule has 2 aliphatic rings. The molecule has 1 aliphatic heterocycles. The number of halogens is 1. The van der Waals surface area contributed by atoms with Crippen molar-refractivity contribution in [1.82, 2.24) is 9.97 Å². The van der Waals surface area contributed by atoms with Gasteiger partial charge in [-0.05, 0) is 51.0 Å². The Hall–Kier alpha value is -2.13. The summed E-state index contributed by atoms with van der Waals surface area (Å²) in [6.45, 7) is 6.28. The van der Waals surface area contributed by atoms with Crippen molar-refractivity contribution in [1.29, 1.82) is 0 Å². The molecule has 23 heavy (non-hydrogen) atoms. The van der Waals surface area contributed by atoms with Gasteiger partial charge in [0, 0.05) is 45.4 Å². The molecular weight excluding hydrogens is 306 g/mol. The molecule has 0 saturated heterocycles. The highest BCUT2D eigenvalue weighted by Crippen LogP contribution is 2.53. The minimum absolute atomic E-state index is 0.144. The monoisotopic (exact) mass is 323 g/mol. The number of aryl methyl sites for hydroxylation is 2. The van der Waals surface area contributed by atoms with Crippen molar-refractivity contribution in [2.24, 2.45) is 0 Å². The van der Waals surface area contributed by atoms with E-state index in [0.29, 0.717) is 0 Å². The number of nitrogens with one attached hydrogen (secondary N) is 1. The first-order chi connectivity index (χ1) is 11.0. The second kappa shape index (κ2) is 4.93. The summed E-state index contributed by atoms with van der Waals surface area (Å²) in [4.78, 5) is 8.86. The lowest BCUT2D eigenvalue weighted by atomic mass is 9.74. The average molecular weight is 324 g/mol. The summed E-state index contributed by atoms with van der Waals surface area (Å²) in [6, 6.07) is 6.24. The molecule has 0 amide bonds. The van der Waals surface area contributed by atoms with Crippen molar-refractivity contribution in [3.8, 4) is 0 Å². The summed E-state index contributed by atoms with van der Waals surface area (Å²) in [6.07, 6.45) is 6.66. The van der Waals surface area contributed by atoms with E-state index in [2.05, 4.69) is 40.4 Å². The van der Waals surface area contributed by atoms with E-state index in [0.717, 1.165) is 39.7 Å². The smallest absolute Gasteiger partial charge is 0.0640 e. The van der Waals surface area contributed by atoms with E-state index >= 15 is 0 Å². The van der Waals surface area contributed by atoms with Crippen LogP contribution in [0, 0.1) is 13.8 Å². The first-order valence-corrected chi connectivity index (χ1v) is 8.14. The van der Waals surface area contributed by atoms with Crippen LogP contribution in [0.5, 0.6) is 0 Å². The second-order valence-electron chi connectivity index (χ2n) is 6.52. The van der Waals surface area contributed by atoms with Crippen molar-refractivity contribution in [3.05, 3.63) is 69.9 Å². The van der Waals surface area contributed by atoms with Crippen molar-refractivity contribution in [3.63, 3.8) is 0 Å². The van der Waals surface area contributed by atoms with Gasteiger partial charge in [-0.3, -0.25) is 9.97 Å². The molecule has 0 radical (unpaired) electrons. The molecule has 0 saturated carbocycles. The lowest BCUT2D eigenvalue weighted by Gasteiger charge is -2.31. The van der Waals surface area contributed by atoms with Crippen LogP contribution < -0.4 is 5.32 Å². The Morgan fingerprint density at radius 2 is 2.00 bits per heavy atom. The standard InChI is InChI=1S/C19H18ClN3/c1-11-4-5-13(10-22-11)15-8-14(20)9-19(3)16-6-7-21-12(2)17(16)23-18(15)19/h4-8,10,23H,9H2,1-3H3. The average Bonchev–Trinajstić information content (AvgIpc) is 2.81. The zero-order valence-electron chi connectivity index (χ0n) is 13.4. The van der Waals surface area contributed by atoms with Gasteiger partial charge in [0.15, 0.2) is 0 Å². The second-order valence-corrected chi connectivity index (χ2v) is 7.01. The predicted octanol–water partition coefficient (Wildman–Crippen LogP) is 4.71. The molecule has 4 heteroatoms. The fraction of sp³-hybridized carbons (Fsp3) is 0.263. The summed E-state index contributed by atoms with van der Waals surface area (Å²) < 4.78 is 0. The van der Waals surface area contributed by atoms with Crippen LogP contribution in [0.3, 0.4) is 0 Å². The highest BCUT2D eigenvalue weighted by molar-refractivity contribution is 6.30. The Morgan fingerprint density at radius 1 is 1.17 bits per heavy atom. The van der Waals surface area contributed by atoms with Crippen molar-refractivity contribution >= 4 is 22.9 Å². The third-order valence-electron chi connectivity index (χ3n) is 4.85. The van der Waals surface area contributed by atoms with Crippen LogP contribution in [0.2, 0.25) is 0 Å². The SMILES string of the molecule is Cc1ccc(C2=C3Nc4c(ccnc4C)C3(C)CC(Cl)=C2)cn1. The molecule has 0 spiro atoms. The van der Waals surface area contributed by atoms with Crippen molar-refractivity contribution < 1.29 is 0 Å². The molecule has 0 fully saturated rings. The lowest BCUT2D eigenvalue weighted by molar-refractivity contribution is 0.582. The van der Waals surface area contributed by atoms with E-state index < -0.39 is 0 Å². The minimum atomic E-state index is -0.144. The number of allylic oxidation sites excluding steroid dienone is 4. The first kappa shape index (κ1) is 14.5. The third-order valence-corrected chi connectivity index (χ3v) is 5.09. The number of anilines is 1. The van der Waals surface area contributed by atoms with Gasteiger partial charge in [-0.1, -0.05) is 17.7 Å². The molecule has 0 bridgehead atoms. The van der Waals surface area contributed by atoms with Crippen molar-refractivity contribution in [2.45, 2.75) is 32.6 Å². The van der Waals surface area contributed by atoms with E-state index in [-0.39, 0.29) is 5.41 Å². The van der Waals surface area contributed by atoms with Crippen molar-refractivity contribution in [2.75, 3.05) is 5.32 Å². The maximum atomic E-state index is 6.52. The van der Waals surface area contributed by atoms with Gasteiger partial charge in [-0.15, -0.1) is 0 Å². The van der Waals surface area contributed by atoms with E-state index in [9.17, 15) is 0 Å². The normalized spacial score (nSPS) is 22.3. The fourth-order valence-electron chi connectivity index (χ4n) is 3.60. The van der Waals surface area contributed by atoms with Crippen LogP contribution in [0.15, 0.2) is 47.4 Å². The molecule has 2 aromatic rings. The van der Waals surface area contributed by atoms with Gasteiger partial charge in [0.1, 0.15) is 0 Å². The Bertz CT molecular complexity index is 865. The molecule has 4 rings (SSSR count). The van der Waals surface area contributed by atoms with Gasteiger partial charge < -0.3 is 5.32 Å². The zero-order valence-corrected chi connectivity index (χ0v) is 14.2. The van der Waals surface area contributed by atoms with Gasteiger partial charge >= 0.3 is 0 Å². The largest absolute Gasteiger partial charge is 0.356 e. The molecule has 1 unspecified atom stereocenters. The van der Waals surface area contributed by atoms with Gasteiger partial charge in [-0.2, -0.15) is 0 Å². The Labute approximate surface area is 141 Å². The molecular formula is C19H18ClN3. The Kier molecular flexibility index (Phi) is 3.10. The van der Waals surface area contributed by atoms with Crippen LogP contribution in [0.1, 0.15) is 35.9 Å².